The normalized spacial score (nSPS) is 11.5. The molecule has 0 saturated carbocycles. The van der Waals surface area contributed by atoms with Crippen LogP contribution in [0.3, 0.4) is 0 Å². The molecule has 0 unspecified atom stereocenters. The van der Waals surface area contributed by atoms with Gasteiger partial charge in [-0.25, -0.2) is 0 Å². The maximum absolute atomic E-state index is 12.4. The molecule has 0 spiro atoms. The number of hydrogen-bond acceptors (Lipinski definition) is 5. The van der Waals surface area contributed by atoms with E-state index in [0.29, 0.717) is 0 Å². The molecule has 22 heavy (non-hydrogen) atoms. The van der Waals surface area contributed by atoms with Crippen molar-refractivity contribution in [3.8, 4) is 11.4 Å². The highest BCUT2D eigenvalue weighted by Gasteiger charge is 2.38. The van der Waals surface area contributed by atoms with E-state index in [4.69, 9.17) is 11.6 Å². The average molecular weight is 336 g/mol. The summed E-state index contributed by atoms with van der Waals surface area (Å²) in [6.45, 7) is -0.155. The minimum absolute atomic E-state index is 0.111. The molecule has 10 heteroatoms. The number of ether oxygens (including phenoxy) is 1. The van der Waals surface area contributed by atoms with Crippen LogP contribution in [0.5, 0.6) is 0 Å². The van der Waals surface area contributed by atoms with E-state index < -0.39 is 18.0 Å². The molecule has 0 aliphatic heterocycles. The van der Waals surface area contributed by atoms with Gasteiger partial charge in [-0.1, -0.05) is 16.8 Å². The molecule has 2 aromatic rings. The van der Waals surface area contributed by atoms with Crippen molar-refractivity contribution in [3.05, 3.63) is 29.1 Å². The lowest BCUT2D eigenvalue weighted by Crippen LogP contribution is -2.17. The molecule has 0 aliphatic rings. The van der Waals surface area contributed by atoms with E-state index in [1.54, 1.807) is 0 Å². The lowest BCUT2D eigenvalue weighted by Gasteiger charge is -2.07. The first kappa shape index (κ1) is 16.2. The molecule has 1 heterocycles. The second-order valence-electron chi connectivity index (χ2n) is 4.10. The lowest BCUT2D eigenvalue weighted by molar-refractivity contribution is -0.159. The zero-order chi connectivity index (χ0) is 16.3. The summed E-state index contributed by atoms with van der Waals surface area (Å²) in [7, 11) is 1.36. The molecule has 1 aromatic heterocycles. The average Bonchev–Trinajstić information content (AvgIpc) is 2.91. The summed E-state index contributed by atoms with van der Waals surface area (Å²) >= 11 is 5.96. The SMILES string of the molecule is COCC(=O)Nc1ccc(-c2noc(C(F)(F)F)n2)cc1Cl. The molecule has 1 amide bonds. The molecule has 118 valence electrons. The van der Waals surface area contributed by atoms with Crippen molar-refractivity contribution >= 4 is 23.2 Å². The van der Waals surface area contributed by atoms with E-state index in [2.05, 4.69) is 24.7 Å². The van der Waals surface area contributed by atoms with Gasteiger partial charge in [-0.3, -0.25) is 4.79 Å². The number of benzene rings is 1. The fourth-order valence-corrected chi connectivity index (χ4v) is 1.76. The van der Waals surface area contributed by atoms with Crippen molar-refractivity contribution in [2.24, 2.45) is 0 Å². The van der Waals surface area contributed by atoms with Gasteiger partial charge >= 0.3 is 12.1 Å². The van der Waals surface area contributed by atoms with E-state index in [1.807, 2.05) is 0 Å². The van der Waals surface area contributed by atoms with Gasteiger partial charge in [0.25, 0.3) is 0 Å². The van der Waals surface area contributed by atoms with E-state index in [1.165, 1.54) is 25.3 Å². The summed E-state index contributed by atoms with van der Waals surface area (Å²) < 4.78 is 46.0. The number of alkyl halides is 3. The number of nitrogens with one attached hydrogen (secondary N) is 1. The Hall–Kier alpha value is -2.13. The first-order valence-electron chi connectivity index (χ1n) is 5.81. The fourth-order valence-electron chi connectivity index (χ4n) is 1.53. The third-order valence-corrected chi connectivity index (χ3v) is 2.76. The number of halogens is 4. The second-order valence-corrected chi connectivity index (χ2v) is 4.50. The standard InChI is InChI=1S/C12H9ClF3N3O3/c1-21-5-9(20)17-8-3-2-6(4-7(8)13)10-18-11(22-19-10)12(14,15)16/h2-4H,5H2,1H3,(H,17,20). The molecule has 1 N–H and O–H groups in total. The van der Waals surface area contributed by atoms with Gasteiger partial charge in [0.15, 0.2) is 0 Å². The van der Waals surface area contributed by atoms with E-state index >= 15 is 0 Å². The van der Waals surface area contributed by atoms with Gasteiger partial charge in [-0.2, -0.15) is 18.2 Å². The Morgan fingerprint density at radius 1 is 1.45 bits per heavy atom. The van der Waals surface area contributed by atoms with Crippen LogP contribution in [0.4, 0.5) is 18.9 Å². The highest BCUT2D eigenvalue weighted by Crippen LogP contribution is 2.31. The van der Waals surface area contributed by atoms with Crippen LogP contribution in [0.2, 0.25) is 5.02 Å². The van der Waals surface area contributed by atoms with Gasteiger partial charge in [0.05, 0.1) is 10.7 Å². The van der Waals surface area contributed by atoms with Crippen LogP contribution in [0.1, 0.15) is 5.89 Å². The zero-order valence-corrected chi connectivity index (χ0v) is 11.8. The number of hydrogen-bond donors (Lipinski definition) is 1. The van der Waals surface area contributed by atoms with Crippen LogP contribution in [0.25, 0.3) is 11.4 Å². The minimum Gasteiger partial charge on any atom is -0.375 e. The molecule has 6 nitrogen and oxygen atoms in total. The summed E-state index contributed by atoms with van der Waals surface area (Å²) in [5.41, 5.74) is 0.501. The van der Waals surface area contributed by atoms with E-state index in [9.17, 15) is 18.0 Å². The number of amides is 1. The molecule has 0 fully saturated rings. The number of rotatable bonds is 4. The highest BCUT2D eigenvalue weighted by atomic mass is 35.5. The molecular formula is C12H9ClF3N3O3. The Balaban J connectivity index is 2.22. The molecule has 0 bridgehead atoms. The monoisotopic (exact) mass is 335 g/mol. The van der Waals surface area contributed by atoms with Crippen molar-refractivity contribution in [2.45, 2.75) is 6.18 Å². The largest absolute Gasteiger partial charge is 0.471 e. The number of carbonyl (C=O) groups excluding carboxylic acids is 1. The Morgan fingerprint density at radius 3 is 2.73 bits per heavy atom. The zero-order valence-electron chi connectivity index (χ0n) is 11.1. The number of carbonyl (C=O) groups is 1. The summed E-state index contributed by atoms with van der Waals surface area (Å²) in [6.07, 6.45) is -4.72. The fraction of sp³-hybridized carbons (Fsp3) is 0.250. The Kier molecular flexibility index (Phi) is 4.67. The molecule has 0 aliphatic carbocycles. The maximum atomic E-state index is 12.4. The summed E-state index contributed by atoms with van der Waals surface area (Å²) in [4.78, 5) is 14.6. The van der Waals surface area contributed by atoms with Crippen LogP contribution in [0, 0.1) is 0 Å². The first-order valence-corrected chi connectivity index (χ1v) is 6.18. The number of anilines is 1. The number of nitrogens with zero attached hydrogens (tertiary/aromatic N) is 2. The predicted octanol–water partition coefficient (Wildman–Crippen LogP) is 2.99. The molecular weight excluding hydrogens is 327 g/mol. The number of methoxy groups -OCH3 is 1. The van der Waals surface area contributed by atoms with E-state index in [0.717, 1.165) is 0 Å². The highest BCUT2D eigenvalue weighted by molar-refractivity contribution is 6.34. The van der Waals surface area contributed by atoms with Crippen LogP contribution in [-0.4, -0.2) is 29.8 Å². The molecule has 0 atom stereocenters. The third-order valence-electron chi connectivity index (χ3n) is 2.45. The van der Waals surface area contributed by atoms with Gasteiger partial charge in [-0.15, -0.1) is 0 Å². The smallest absolute Gasteiger partial charge is 0.375 e. The summed E-state index contributed by atoms with van der Waals surface area (Å²) in [5.74, 6) is -2.13. The van der Waals surface area contributed by atoms with Crippen LogP contribution in [-0.2, 0) is 15.7 Å². The third kappa shape index (κ3) is 3.74. The van der Waals surface area contributed by atoms with Crippen LogP contribution >= 0.6 is 11.6 Å². The van der Waals surface area contributed by atoms with Gasteiger partial charge < -0.3 is 14.6 Å². The molecule has 0 saturated heterocycles. The van der Waals surface area contributed by atoms with Crippen molar-refractivity contribution < 1.29 is 27.2 Å². The Bertz CT molecular complexity index is 688. The topological polar surface area (TPSA) is 77.2 Å². The number of aromatic nitrogens is 2. The van der Waals surface area contributed by atoms with Gasteiger partial charge in [0, 0.05) is 12.7 Å². The molecule has 0 radical (unpaired) electrons. The van der Waals surface area contributed by atoms with Gasteiger partial charge in [0.2, 0.25) is 11.7 Å². The lowest BCUT2D eigenvalue weighted by atomic mass is 10.2. The predicted molar refractivity (Wildman–Crippen MR) is 70.3 cm³/mol. The van der Waals surface area contributed by atoms with Crippen molar-refractivity contribution in [2.75, 3.05) is 19.0 Å². The Labute approximate surface area is 127 Å². The second kappa shape index (κ2) is 6.32. The van der Waals surface area contributed by atoms with Crippen LogP contribution < -0.4 is 5.32 Å². The minimum atomic E-state index is -4.72. The van der Waals surface area contributed by atoms with Gasteiger partial charge in [0.1, 0.15) is 6.61 Å². The van der Waals surface area contributed by atoms with Crippen molar-refractivity contribution in [1.29, 1.82) is 0 Å². The summed E-state index contributed by atoms with van der Waals surface area (Å²) in [5, 5.41) is 5.83. The van der Waals surface area contributed by atoms with Crippen LogP contribution in [0.15, 0.2) is 22.7 Å². The quantitative estimate of drug-likeness (QED) is 0.929. The van der Waals surface area contributed by atoms with E-state index in [-0.39, 0.29) is 28.7 Å². The molecule has 1 aromatic carbocycles. The van der Waals surface area contributed by atoms with Gasteiger partial charge in [-0.05, 0) is 18.2 Å². The molecule has 2 rings (SSSR count). The van der Waals surface area contributed by atoms with Crippen molar-refractivity contribution in [1.82, 2.24) is 10.1 Å². The maximum Gasteiger partial charge on any atom is 0.471 e. The van der Waals surface area contributed by atoms with Crippen molar-refractivity contribution in [3.63, 3.8) is 0 Å². The summed E-state index contributed by atoms with van der Waals surface area (Å²) in [6, 6.07) is 4.13. The Morgan fingerprint density at radius 2 is 2.18 bits per heavy atom. The first-order chi connectivity index (χ1) is 10.3.